The van der Waals surface area contributed by atoms with Crippen molar-refractivity contribution in [2.24, 2.45) is 0 Å². The quantitative estimate of drug-likeness (QED) is 0.166. The van der Waals surface area contributed by atoms with E-state index in [-0.39, 0.29) is 0 Å². The van der Waals surface area contributed by atoms with E-state index in [1.165, 1.54) is 32.7 Å². The van der Waals surface area contributed by atoms with Gasteiger partial charge in [-0.3, -0.25) is 0 Å². The highest BCUT2D eigenvalue weighted by molar-refractivity contribution is 6.14. The number of hydrogen-bond acceptors (Lipinski definition) is 3. The molecule has 0 spiro atoms. The highest BCUT2D eigenvalue weighted by Gasteiger charge is 2.16. The summed E-state index contributed by atoms with van der Waals surface area (Å²) >= 11 is 0. The van der Waals surface area contributed by atoms with Crippen LogP contribution in [0, 0.1) is 0 Å². The zero-order chi connectivity index (χ0) is 34.4. The predicted molar refractivity (Wildman–Crippen MR) is 218 cm³/mol. The van der Waals surface area contributed by atoms with E-state index in [1.807, 2.05) is 36.4 Å². The number of aromatic nitrogens is 1. The van der Waals surface area contributed by atoms with Crippen molar-refractivity contribution in [2.75, 3.05) is 4.90 Å². The molecule has 0 radical (unpaired) electrons. The Morgan fingerprint density at radius 2 is 0.923 bits per heavy atom. The van der Waals surface area contributed by atoms with Crippen molar-refractivity contribution in [2.45, 2.75) is 0 Å². The Morgan fingerprint density at radius 3 is 1.65 bits per heavy atom. The van der Waals surface area contributed by atoms with Crippen LogP contribution in [0.15, 0.2) is 199 Å². The fourth-order valence-electron chi connectivity index (χ4n) is 7.60. The van der Waals surface area contributed by atoms with Crippen LogP contribution in [0.2, 0.25) is 0 Å². The fraction of sp³-hybridized carbons (Fsp3) is 0. The maximum Gasteiger partial charge on any atom is 0.227 e. The van der Waals surface area contributed by atoms with E-state index in [2.05, 4.69) is 163 Å². The Hall–Kier alpha value is -6.97. The summed E-state index contributed by atoms with van der Waals surface area (Å²) in [6, 6.07) is 68.8. The van der Waals surface area contributed by atoms with Gasteiger partial charge < -0.3 is 9.32 Å². The molecule has 3 nitrogen and oxygen atoms in total. The molecule has 0 fully saturated rings. The molecule has 0 aliphatic rings. The number of anilines is 3. The van der Waals surface area contributed by atoms with Gasteiger partial charge in [-0.2, -0.15) is 0 Å². The number of nitrogens with zero attached hydrogens (tertiary/aromatic N) is 2. The van der Waals surface area contributed by atoms with Crippen molar-refractivity contribution in [3.8, 4) is 33.7 Å². The van der Waals surface area contributed by atoms with Crippen LogP contribution < -0.4 is 4.90 Å². The predicted octanol–water partition coefficient (Wildman–Crippen LogP) is 13.8. The molecule has 0 N–H and O–H groups in total. The Labute approximate surface area is 301 Å². The van der Waals surface area contributed by atoms with Crippen LogP contribution in [0.5, 0.6) is 0 Å². The summed E-state index contributed by atoms with van der Waals surface area (Å²) in [5.74, 6) is 0.637. The van der Waals surface area contributed by atoms with Gasteiger partial charge in [0, 0.05) is 28.0 Å². The van der Waals surface area contributed by atoms with E-state index < -0.39 is 0 Å². The second-order valence-corrected chi connectivity index (χ2v) is 13.2. The highest BCUT2D eigenvalue weighted by atomic mass is 16.3. The third-order valence-corrected chi connectivity index (χ3v) is 10.1. The number of fused-ring (bicyclic) bond motifs is 6. The average molecular weight is 665 g/mol. The first-order chi connectivity index (χ1) is 25.8. The zero-order valence-corrected chi connectivity index (χ0v) is 28.3. The van der Waals surface area contributed by atoms with Crippen LogP contribution in [-0.2, 0) is 0 Å². The summed E-state index contributed by atoms with van der Waals surface area (Å²) < 4.78 is 6.19. The number of para-hydroxylation sites is 1. The minimum atomic E-state index is 0.637. The lowest BCUT2D eigenvalue weighted by Gasteiger charge is -2.26. The van der Waals surface area contributed by atoms with E-state index in [0.717, 1.165) is 55.6 Å². The van der Waals surface area contributed by atoms with Gasteiger partial charge in [0.15, 0.2) is 5.58 Å². The summed E-state index contributed by atoms with van der Waals surface area (Å²) in [6.07, 6.45) is 0. The van der Waals surface area contributed by atoms with Gasteiger partial charge >= 0.3 is 0 Å². The third kappa shape index (κ3) is 5.10. The van der Waals surface area contributed by atoms with Gasteiger partial charge in [0.2, 0.25) is 5.89 Å². The van der Waals surface area contributed by atoms with E-state index in [0.29, 0.717) is 5.89 Å². The molecule has 9 aromatic carbocycles. The highest BCUT2D eigenvalue weighted by Crippen LogP contribution is 2.40. The van der Waals surface area contributed by atoms with Crippen molar-refractivity contribution < 1.29 is 4.42 Å². The molecule has 0 amide bonds. The topological polar surface area (TPSA) is 29.3 Å². The average Bonchev–Trinajstić information content (AvgIpc) is 3.67. The Bertz CT molecular complexity index is 2880. The molecule has 244 valence electrons. The zero-order valence-electron chi connectivity index (χ0n) is 28.3. The van der Waals surface area contributed by atoms with Crippen LogP contribution in [0.25, 0.3) is 77.1 Å². The van der Waals surface area contributed by atoms with E-state index in [1.54, 1.807) is 0 Å². The Balaban J connectivity index is 1.03. The number of oxazole rings is 1. The molecular weight excluding hydrogens is 633 g/mol. The lowest BCUT2D eigenvalue weighted by molar-refractivity contribution is 0.620. The molecule has 0 unspecified atom stereocenters. The molecule has 0 aliphatic carbocycles. The van der Waals surface area contributed by atoms with E-state index in [9.17, 15) is 0 Å². The largest absolute Gasteiger partial charge is 0.436 e. The summed E-state index contributed by atoms with van der Waals surface area (Å²) in [5, 5.41) is 7.30. The number of benzene rings is 9. The van der Waals surface area contributed by atoms with Gasteiger partial charge in [-0.05, 0) is 116 Å². The van der Waals surface area contributed by atoms with Crippen molar-refractivity contribution >= 4 is 60.5 Å². The standard InChI is InChI=1S/C49H32N2O/c1-3-12-35(13-4-1)49-50-48-45-21-11-20-40(44(45)30-31-47(48)52-49)33-22-26-38(27-23-33)51(37-15-5-2-6-16-37)39-28-24-34(25-29-39)46-32-36-14-7-8-17-41(36)42-18-9-10-19-43(42)46/h1-32H. The van der Waals surface area contributed by atoms with Crippen molar-refractivity contribution in [3.63, 3.8) is 0 Å². The summed E-state index contributed by atoms with van der Waals surface area (Å²) in [5.41, 5.74) is 10.7. The summed E-state index contributed by atoms with van der Waals surface area (Å²) in [4.78, 5) is 7.25. The van der Waals surface area contributed by atoms with Crippen LogP contribution in [0.1, 0.15) is 0 Å². The second kappa shape index (κ2) is 12.4. The molecule has 0 saturated carbocycles. The first kappa shape index (κ1) is 29.9. The molecule has 0 bridgehead atoms. The van der Waals surface area contributed by atoms with Gasteiger partial charge in [0.1, 0.15) is 5.52 Å². The lowest BCUT2D eigenvalue weighted by atomic mass is 9.93. The number of rotatable bonds is 6. The number of hydrogen-bond donors (Lipinski definition) is 0. The molecule has 10 rings (SSSR count). The molecule has 0 aliphatic heterocycles. The second-order valence-electron chi connectivity index (χ2n) is 13.2. The minimum absolute atomic E-state index is 0.637. The molecule has 52 heavy (non-hydrogen) atoms. The van der Waals surface area contributed by atoms with Crippen LogP contribution in [0.3, 0.4) is 0 Å². The fourth-order valence-corrected chi connectivity index (χ4v) is 7.60. The van der Waals surface area contributed by atoms with Gasteiger partial charge in [-0.15, -0.1) is 0 Å². The molecular formula is C49H32N2O. The Kier molecular flexibility index (Phi) is 7.14. The van der Waals surface area contributed by atoms with Crippen LogP contribution >= 0.6 is 0 Å². The van der Waals surface area contributed by atoms with Crippen molar-refractivity contribution in [3.05, 3.63) is 194 Å². The van der Waals surface area contributed by atoms with E-state index in [4.69, 9.17) is 9.40 Å². The maximum atomic E-state index is 6.19. The smallest absolute Gasteiger partial charge is 0.227 e. The SMILES string of the molecule is c1ccc(-c2nc3c(ccc4c(-c5ccc(N(c6ccccc6)c6ccc(-c7cc8ccccc8c8ccccc78)cc6)cc5)cccc43)o2)cc1. The Morgan fingerprint density at radius 1 is 0.365 bits per heavy atom. The molecule has 1 heterocycles. The van der Waals surface area contributed by atoms with E-state index >= 15 is 0 Å². The first-order valence-corrected chi connectivity index (χ1v) is 17.6. The molecule has 0 saturated heterocycles. The third-order valence-electron chi connectivity index (χ3n) is 10.1. The van der Waals surface area contributed by atoms with Gasteiger partial charge in [-0.25, -0.2) is 4.98 Å². The van der Waals surface area contributed by atoms with Gasteiger partial charge in [0.05, 0.1) is 0 Å². The molecule has 3 heteroatoms. The van der Waals surface area contributed by atoms with Gasteiger partial charge in [0.25, 0.3) is 0 Å². The molecule has 0 atom stereocenters. The van der Waals surface area contributed by atoms with Crippen LogP contribution in [-0.4, -0.2) is 4.98 Å². The summed E-state index contributed by atoms with van der Waals surface area (Å²) in [7, 11) is 0. The van der Waals surface area contributed by atoms with Crippen molar-refractivity contribution in [1.82, 2.24) is 4.98 Å². The minimum Gasteiger partial charge on any atom is -0.436 e. The lowest BCUT2D eigenvalue weighted by Crippen LogP contribution is -2.09. The van der Waals surface area contributed by atoms with Crippen LogP contribution in [0.4, 0.5) is 17.1 Å². The van der Waals surface area contributed by atoms with Crippen molar-refractivity contribution in [1.29, 1.82) is 0 Å². The van der Waals surface area contributed by atoms with Gasteiger partial charge in [-0.1, -0.05) is 127 Å². The monoisotopic (exact) mass is 664 g/mol. The normalized spacial score (nSPS) is 11.5. The molecule has 10 aromatic rings. The summed E-state index contributed by atoms with van der Waals surface area (Å²) in [6.45, 7) is 0. The first-order valence-electron chi connectivity index (χ1n) is 17.6. The maximum absolute atomic E-state index is 6.19. The molecule has 1 aromatic heterocycles.